The summed E-state index contributed by atoms with van der Waals surface area (Å²) in [7, 11) is 0. The van der Waals surface area contributed by atoms with Crippen molar-refractivity contribution in [2.45, 2.75) is 32.1 Å². The third-order valence-corrected chi connectivity index (χ3v) is 5.66. The molecule has 2 fully saturated rings. The molecule has 1 atom stereocenters. The number of para-hydroxylation sites is 1. The summed E-state index contributed by atoms with van der Waals surface area (Å²) >= 11 is 0. The molecule has 2 aliphatic heterocycles. The molecule has 2 saturated heterocycles. The van der Waals surface area contributed by atoms with Crippen LogP contribution in [-0.2, 0) is 16.0 Å². The molecule has 4 heteroatoms. The molecule has 25 heavy (non-hydrogen) atoms. The molecule has 1 aromatic carbocycles. The summed E-state index contributed by atoms with van der Waals surface area (Å²) in [5, 5.41) is 1.21. The Balaban J connectivity index is 1.36. The van der Waals surface area contributed by atoms with Gasteiger partial charge in [-0.1, -0.05) is 24.3 Å². The average Bonchev–Trinajstić information content (AvgIpc) is 2.69. The normalized spacial score (nSPS) is 22.2. The zero-order valence-corrected chi connectivity index (χ0v) is 14.7. The zero-order valence-electron chi connectivity index (χ0n) is 14.7. The average molecular weight is 338 g/mol. The van der Waals surface area contributed by atoms with Crippen molar-refractivity contribution in [3.8, 4) is 0 Å². The number of aromatic nitrogens is 1. The van der Waals surface area contributed by atoms with Gasteiger partial charge in [0.15, 0.2) is 0 Å². The lowest BCUT2D eigenvalue weighted by molar-refractivity contribution is -0.141. The lowest BCUT2D eigenvalue weighted by atomic mass is 9.88. The second-order valence-electron chi connectivity index (χ2n) is 7.38. The molecule has 4 nitrogen and oxygen atoms in total. The van der Waals surface area contributed by atoms with Gasteiger partial charge in [-0.3, -0.25) is 9.78 Å². The Bertz CT molecular complexity index is 726. The SMILES string of the molecule is O=C([C@@H]1CCCOC1)N1CCC(Cc2cccc3cccnc23)CC1. The zero-order chi connectivity index (χ0) is 17.1. The van der Waals surface area contributed by atoms with E-state index in [0.29, 0.717) is 18.4 Å². The van der Waals surface area contributed by atoms with Crippen LogP contribution in [0.25, 0.3) is 10.9 Å². The van der Waals surface area contributed by atoms with Crippen molar-refractivity contribution in [2.75, 3.05) is 26.3 Å². The minimum absolute atomic E-state index is 0.0903. The Morgan fingerprint density at radius 2 is 2.00 bits per heavy atom. The Morgan fingerprint density at radius 1 is 1.16 bits per heavy atom. The van der Waals surface area contributed by atoms with Crippen LogP contribution in [-0.4, -0.2) is 42.1 Å². The van der Waals surface area contributed by atoms with E-state index in [0.717, 1.165) is 57.3 Å². The number of ether oxygens (including phenoxy) is 1. The number of carbonyl (C=O) groups is 1. The van der Waals surface area contributed by atoms with E-state index in [2.05, 4.69) is 34.1 Å². The first-order valence-electron chi connectivity index (χ1n) is 9.50. The van der Waals surface area contributed by atoms with E-state index in [9.17, 15) is 4.79 Å². The summed E-state index contributed by atoms with van der Waals surface area (Å²) in [5.41, 5.74) is 2.46. The molecule has 0 aliphatic carbocycles. The lowest BCUT2D eigenvalue weighted by Gasteiger charge is -2.35. The highest BCUT2D eigenvalue weighted by Gasteiger charge is 2.29. The number of fused-ring (bicyclic) bond motifs is 1. The summed E-state index contributed by atoms with van der Waals surface area (Å²) in [6.45, 7) is 3.20. The van der Waals surface area contributed by atoms with E-state index < -0.39 is 0 Å². The van der Waals surface area contributed by atoms with E-state index in [4.69, 9.17) is 4.74 Å². The summed E-state index contributed by atoms with van der Waals surface area (Å²) in [4.78, 5) is 19.3. The van der Waals surface area contributed by atoms with Gasteiger partial charge in [0.05, 0.1) is 18.0 Å². The molecular formula is C21H26N2O2. The molecule has 0 N–H and O–H groups in total. The maximum atomic E-state index is 12.6. The van der Waals surface area contributed by atoms with Crippen molar-refractivity contribution < 1.29 is 9.53 Å². The molecule has 3 heterocycles. The third-order valence-electron chi connectivity index (χ3n) is 5.66. The Hall–Kier alpha value is -1.94. The topological polar surface area (TPSA) is 42.4 Å². The van der Waals surface area contributed by atoms with Crippen molar-refractivity contribution in [3.63, 3.8) is 0 Å². The number of nitrogens with zero attached hydrogens (tertiary/aromatic N) is 2. The summed E-state index contributed by atoms with van der Waals surface area (Å²) in [5.74, 6) is 1.04. The van der Waals surface area contributed by atoms with Gasteiger partial charge in [0.1, 0.15) is 0 Å². The standard InChI is InChI=1S/C21H26N2O2/c24-21(19-7-3-13-25-15-19)23-11-8-16(9-12-23)14-18-5-1-4-17-6-2-10-22-20(17)18/h1-2,4-6,10,16,19H,3,7-9,11-15H2/t19-/m1/s1. The molecule has 4 rings (SSSR count). The predicted octanol–water partition coefficient (Wildman–Crippen LogP) is 3.44. The number of amides is 1. The molecule has 2 aromatic rings. The Kier molecular flexibility index (Phi) is 4.97. The molecule has 1 amide bonds. The molecule has 0 saturated carbocycles. The molecular weight excluding hydrogens is 312 g/mol. The van der Waals surface area contributed by atoms with E-state index in [1.54, 1.807) is 0 Å². The number of hydrogen-bond acceptors (Lipinski definition) is 3. The quantitative estimate of drug-likeness (QED) is 0.861. The third kappa shape index (κ3) is 3.69. The van der Waals surface area contributed by atoms with Crippen LogP contribution < -0.4 is 0 Å². The van der Waals surface area contributed by atoms with Crippen molar-refractivity contribution >= 4 is 16.8 Å². The fourth-order valence-corrected chi connectivity index (χ4v) is 4.19. The van der Waals surface area contributed by atoms with Crippen molar-refractivity contribution in [2.24, 2.45) is 11.8 Å². The molecule has 0 unspecified atom stereocenters. The predicted molar refractivity (Wildman–Crippen MR) is 98.3 cm³/mol. The van der Waals surface area contributed by atoms with Crippen molar-refractivity contribution in [1.82, 2.24) is 9.88 Å². The fraction of sp³-hybridized carbons (Fsp3) is 0.524. The van der Waals surface area contributed by atoms with E-state index in [1.165, 1.54) is 10.9 Å². The number of pyridine rings is 1. The molecule has 132 valence electrons. The van der Waals surface area contributed by atoms with Crippen molar-refractivity contribution in [3.05, 3.63) is 42.1 Å². The van der Waals surface area contributed by atoms with Gasteiger partial charge in [0.25, 0.3) is 0 Å². The van der Waals surface area contributed by atoms with E-state index >= 15 is 0 Å². The van der Waals surface area contributed by atoms with Crippen LogP contribution in [0, 0.1) is 11.8 Å². The first-order chi connectivity index (χ1) is 12.3. The van der Waals surface area contributed by atoms with Gasteiger partial charge in [-0.15, -0.1) is 0 Å². The smallest absolute Gasteiger partial charge is 0.228 e. The van der Waals surface area contributed by atoms with Crippen molar-refractivity contribution in [1.29, 1.82) is 0 Å². The van der Waals surface area contributed by atoms with Crippen LogP contribution in [0.4, 0.5) is 0 Å². The molecule has 2 aliphatic rings. The van der Waals surface area contributed by atoms with Crippen LogP contribution >= 0.6 is 0 Å². The summed E-state index contributed by atoms with van der Waals surface area (Å²) in [6.07, 6.45) is 7.11. The van der Waals surface area contributed by atoms with Gasteiger partial charge in [0.2, 0.25) is 5.91 Å². The van der Waals surface area contributed by atoms with Crippen LogP contribution in [0.2, 0.25) is 0 Å². The second-order valence-corrected chi connectivity index (χ2v) is 7.38. The Morgan fingerprint density at radius 3 is 2.80 bits per heavy atom. The van der Waals surface area contributed by atoms with Gasteiger partial charge in [-0.25, -0.2) is 0 Å². The van der Waals surface area contributed by atoms with Gasteiger partial charge in [-0.2, -0.15) is 0 Å². The molecule has 0 radical (unpaired) electrons. The van der Waals surface area contributed by atoms with Crippen LogP contribution in [0.15, 0.2) is 36.5 Å². The minimum atomic E-state index is 0.0903. The maximum absolute atomic E-state index is 12.6. The number of likely N-dealkylation sites (tertiary alicyclic amines) is 1. The van der Waals surface area contributed by atoms with Crippen LogP contribution in [0.5, 0.6) is 0 Å². The monoisotopic (exact) mass is 338 g/mol. The molecule has 0 spiro atoms. The highest BCUT2D eigenvalue weighted by atomic mass is 16.5. The largest absolute Gasteiger partial charge is 0.381 e. The van der Waals surface area contributed by atoms with Crippen LogP contribution in [0.1, 0.15) is 31.2 Å². The number of benzene rings is 1. The fourth-order valence-electron chi connectivity index (χ4n) is 4.19. The van der Waals surface area contributed by atoms with E-state index in [1.807, 2.05) is 12.3 Å². The minimum Gasteiger partial charge on any atom is -0.381 e. The highest BCUT2D eigenvalue weighted by molar-refractivity contribution is 5.81. The number of hydrogen-bond donors (Lipinski definition) is 0. The van der Waals surface area contributed by atoms with Gasteiger partial charge in [-0.05, 0) is 49.7 Å². The van der Waals surface area contributed by atoms with Gasteiger partial charge in [0, 0.05) is 31.3 Å². The van der Waals surface area contributed by atoms with E-state index in [-0.39, 0.29) is 5.92 Å². The summed E-state index contributed by atoms with van der Waals surface area (Å²) in [6, 6.07) is 10.6. The molecule has 0 bridgehead atoms. The second kappa shape index (κ2) is 7.52. The lowest BCUT2D eigenvalue weighted by Crippen LogP contribution is -2.44. The van der Waals surface area contributed by atoms with Crippen LogP contribution in [0.3, 0.4) is 0 Å². The number of rotatable bonds is 3. The van der Waals surface area contributed by atoms with Gasteiger partial charge >= 0.3 is 0 Å². The number of carbonyl (C=O) groups excluding carboxylic acids is 1. The first-order valence-corrected chi connectivity index (χ1v) is 9.50. The maximum Gasteiger partial charge on any atom is 0.228 e. The van der Waals surface area contributed by atoms with Gasteiger partial charge < -0.3 is 9.64 Å². The highest BCUT2D eigenvalue weighted by Crippen LogP contribution is 2.27. The first kappa shape index (κ1) is 16.5. The molecule has 1 aromatic heterocycles. The Labute approximate surface area is 149 Å². The summed E-state index contributed by atoms with van der Waals surface area (Å²) < 4.78 is 5.48. The number of piperidine rings is 1.